The van der Waals surface area contributed by atoms with Crippen LogP contribution in [0.15, 0.2) is 0 Å². The van der Waals surface area contributed by atoms with Crippen LogP contribution in [0.3, 0.4) is 0 Å². The fraction of sp³-hybridized carbons (Fsp3) is 1.00. The van der Waals surface area contributed by atoms with E-state index in [9.17, 15) is 0 Å². The zero-order valence-corrected chi connectivity index (χ0v) is 9.70. The predicted octanol–water partition coefficient (Wildman–Crippen LogP) is 1.08. The third-order valence-corrected chi connectivity index (χ3v) is 2.72. The number of morpholine rings is 1. The van der Waals surface area contributed by atoms with E-state index in [0.29, 0.717) is 18.1 Å². The SMILES string of the molecule is CC(CCN)CN1CC(C)OC(C)C1. The number of ether oxygens (including phenoxy) is 1. The van der Waals surface area contributed by atoms with Gasteiger partial charge in [-0.2, -0.15) is 0 Å². The zero-order valence-electron chi connectivity index (χ0n) is 9.70. The summed E-state index contributed by atoms with van der Waals surface area (Å²) in [5, 5.41) is 0. The molecular formula is C11H24N2O. The quantitative estimate of drug-likeness (QED) is 0.738. The molecule has 0 bridgehead atoms. The smallest absolute Gasteiger partial charge is 0.0678 e. The Morgan fingerprint density at radius 3 is 2.43 bits per heavy atom. The second-order valence-corrected chi connectivity index (χ2v) is 4.66. The molecule has 1 fully saturated rings. The monoisotopic (exact) mass is 200 g/mol. The van der Waals surface area contributed by atoms with Gasteiger partial charge in [0.05, 0.1) is 12.2 Å². The number of hydrogen-bond donors (Lipinski definition) is 1. The molecule has 0 spiro atoms. The summed E-state index contributed by atoms with van der Waals surface area (Å²) in [7, 11) is 0. The van der Waals surface area contributed by atoms with Crippen molar-refractivity contribution in [1.29, 1.82) is 0 Å². The standard InChI is InChI=1S/C11H24N2O/c1-9(4-5-12)6-13-7-10(2)14-11(3)8-13/h9-11H,4-8,12H2,1-3H3. The molecule has 1 aliphatic heterocycles. The summed E-state index contributed by atoms with van der Waals surface area (Å²) in [5.41, 5.74) is 5.55. The minimum atomic E-state index is 0.379. The normalized spacial score (nSPS) is 31.7. The van der Waals surface area contributed by atoms with Crippen molar-refractivity contribution >= 4 is 0 Å². The molecule has 14 heavy (non-hydrogen) atoms. The fourth-order valence-electron chi connectivity index (χ4n) is 2.25. The maximum atomic E-state index is 5.69. The van der Waals surface area contributed by atoms with E-state index < -0.39 is 0 Å². The molecule has 0 aromatic heterocycles. The molecule has 0 aliphatic carbocycles. The van der Waals surface area contributed by atoms with Crippen LogP contribution in [0.25, 0.3) is 0 Å². The molecular weight excluding hydrogens is 176 g/mol. The van der Waals surface area contributed by atoms with Crippen molar-refractivity contribution in [3.63, 3.8) is 0 Å². The average Bonchev–Trinajstić information content (AvgIpc) is 2.01. The highest BCUT2D eigenvalue weighted by Crippen LogP contribution is 2.13. The Morgan fingerprint density at radius 2 is 1.93 bits per heavy atom. The van der Waals surface area contributed by atoms with Gasteiger partial charge in [-0.3, -0.25) is 4.90 Å². The summed E-state index contributed by atoms with van der Waals surface area (Å²) in [5.74, 6) is 0.706. The first-order chi connectivity index (χ1) is 6.61. The van der Waals surface area contributed by atoms with E-state index in [1.165, 1.54) is 0 Å². The van der Waals surface area contributed by atoms with Crippen molar-refractivity contribution in [1.82, 2.24) is 4.90 Å². The fourth-order valence-corrected chi connectivity index (χ4v) is 2.25. The predicted molar refractivity (Wildman–Crippen MR) is 59.3 cm³/mol. The van der Waals surface area contributed by atoms with E-state index >= 15 is 0 Å². The lowest BCUT2D eigenvalue weighted by Gasteiger charge is -2.36. The molecule has 2 N–H and O–H groups in total. The van der Waals surface area contributed by atoms with Crippen molar-refractivity contribution in [2.45, 2.75) is 39.4 Å². The topological polar surface area (TPSA) is 38.5 Å². The minimum Gasteiger partial charge on any atom is -0.373 e. The first-order valence-corrected chi connectivity index (χ1v) is 5.69. The molecule has 0 saturated carbocycles. The molecule has 0 aromatic carbocycles. The van der Waals surface area contributed by atoms with Crippen LogP contribution < -0.4 is 5.73 Å². The van der Waals surface area contributed by atoms with Gasteiger partial charge < -0.3 is 10.5 Å². The largest absolute Gasteiger partial charge is 0.373 e. The van der Waals surface area contributed by atoms with Crippen LogP contribution in [0.2, 0.25) is 0 Å². The molecule has 1 saturated heterocycles. The van der Waals surface area contributed by atoms with E-state index in [1.54, 1.807) is 0 Å². The second-order valence-electron chi connectivity index (χ2n) is 4.66. The molecule has 1 heterocycles. The molecule has 3 atom stereocenters. The first-order valence-electron chi connectivity index (χ1n) is 5.69. The summed E-state index contributed by atoms with van der Waals surface area (Å²) < 4.78 is 5.69. The Bertz CT molecular complexity index is 153. The van der Waals surface area contributed by atoms with Gasteiger partial charge in [0.15, 0.2) is 0 Å². The van der Waals surface area contributed by atoms with Gasteiger partial charge in [0.1, 0.15) is 0 Å². The van der Waals surface area contributed by atoms with Gasteiger partial charge >= 0.3 is 0 Å². The number of nitrogens with zero attached hydrogens (tertiary/aromatic N) is 1. The number of nitrogens with two attached hydrogens (primary N) is 1. The molecule has 3 heteroatoms. The lowest BCUT2D eigenvalue weighted by molar-refractivity contribution is -0.0710. The van der Waals surface area contributed by atoms with Gasteiger partial charge in [0, 0.05) is 19.6 Å². The Balaban J connectivity index is 2.29. The highest BCUT2D eigenvalue weighted by atomic mass is 16.5. The van der Waals surface area contributed by atoms with E-state index in [4.69, 9.17) is 10.5 Å². The molecule has 1 aliphatic rings. The van der Waals surface area contributed by atoms with Gasteiger partial charge in [-0.25, -0.2) is 0 Å². The highest BCUT2D eigenvalue weighted by Gasteiger charge is 2.22. The molecule has 3 unspecified atom stereocenters. The minimum absolute atomic E-state index is 0.379. The van der Waals surface area contributed by atoms with Crippen LogP contribution in [0.1, 0.15) is 27.2 Å². The maximum absolute atomic E-state index is 5.69. The Kier molecular flexibility index (Phi) is 4.85. The van der Waals surface area contributed by atoms with E-state index in [-0.39, 0.29) is 0 Å². The van der Waals surface area contributed by atoms with E-state index in [2.05, 4.69) is 25.7 Å². The molecule has 1 rings (SSSR count). The van der Waals surface area contributed by atoms with Crippen LogP contribution in [-0.4, -0.2) is 43.3 Å². The highest BCUT2D eigenvalue weighted by molar-refractivity contribution is 4.74. The van der Waals surface area contributed by atoms with Gasteiger partial charge in [0.2, 0.25) is 0 Å². The average molecular weight is 200 g/mol. The van der Waals surface area contributed by atoms with Crippen molar-refractivity contribution in [3.05, 3.63) is 0 Å². The van der Waals surface area contributed by atoms with Gasteiger partial charge in [0.25, 0.3) is 0 Å². The van der Waals surface area contributed by atoms with Crippen LogP contribution in [0.4, 0.5) is 0 Å². The van der Waals surface area contributed by atoms with Crippen molar-refractivity contribution in [2.24, 2.45) is 11.7 Å². The third-order valence-electron chi connectivity index (χ3n) is 2.72. The Morgan fingerprint density at radius 1 is 1.36 bits per heavy atom. The zero-order chi connectivity index (χ0) is 10.6. The van der Waals surface area contributed by atoms with Crippen LogP contribution >= 0.6 is 0 Å². The second kappa shape index (κ2) is 5.69. The van der Waals surface area contributed by atoms with Crippen molar-refractivity contribution in [3.8, 4) is 0 Å². The van der Waals surface area contributed by atoms with Crippen molar-refractivity contribution in [2.75, 3.05) is 26.2 Å². The first kappa shape index (κ1) is 12.0. The lowest BCUT2D eigenvalue weighted by Crippen LogP contribution is -2.46. The summed E-state index contributed by atoms with van der Waals surface area (Å²) >= 11 is 0. The van der Waals surface area contributed by atoms with E-state index in [1.807, 2.05) is 0 Å². The third kappa shape index (κ3) is 3.95. The molecule has 0 amide bonds. The molecule has 0 radical (unpaired) electrons. The summed E-state index contributed by atoms with van der Waals surface area (Å²) in [6.45, 7) is 10.7. The number of hydrogen-bond acceptors (Lipinski definition) is 3. The molecule has 84 valence electrons. The molecule has 3 nitrogen and oxygen atoms in total. The summed E-state index contributed by atoms with van der Waals surface area (Å²) in [4.78, 5) is 2.50. The summed E-state index contributed by atoms with van der Waals surface area (Å²) in [6.07, 6.45) is 1.88. The van der Waals surface area contributed by atoms with Crippen LogP contribution in [-0.2, 0) is 4.74 Å². The van der Waals surface area contributed by atoms with Gasteiger partial charge in [-0.05, 0) is 32.7 Å². The van der Waals surface area contributed by atoms with Crippen LogP contribution in [0, 0.1) is 5.92 Å². The Hall–Kier alpha value is -0.120. The Labute approximate surface area is 87.6 Å². The maximum Gasteiger partial charge on any atom is 0.0678 e. The van der Waals surface area contributed by atoms with Crippen molar-refractivity contribution < 1.29 is 4.74 Å². The van der Waals surface area contributed by atoms with E-state index in [0.717, 1.165) is 32.6 Å². The lowest BCUT2D eigenvalue weighted by atomic mass is 10.1. The number of rotatable bonds is 4. The van der Waals surface area contributed by atoms with Crippen LogP contribution in [0.5, 0.6) is 0 Å². The van der Waals surface area contributed by atoms with Gasteiger partial charge in [-0.1, -0.05) is 6.92 Å². The van der Waals surface area contributed by atoms with Gasteiger partial charge in [-0.15, -0.1) is 0 Å². The summed E-state index contributed by atoms with van der Waals surface area (Å²) in [6, 6.07) is 0. The molecule has 0 aromatic rings.